The fourth-order valence-electron chi connectivity index (χ4n) is 2.96. The fourth-order valence-corrected chi connectivity index (χ4v) is 2.96. The average Bonchev–Trinajstić information content (AvgIpc) is 2.62. The summed E-state index contributed by atoms with van der Waals surface area (Å²) in [4.78, 5) is 2.04. The van der Waals surface area contributed by atoms with Crippen LogP contribution in [0, 0.1) is 0 Å². The minimum absolute atomic E-state index is 0.00895. The Morgan fingerprint density at radius 1 is 0.800 bits per heavy atom. The number of likely N-dealkylation sites (N-methyl/N-ethyl adjacent to an activating group) is 1. The Balaban J connectivity index is 2.46. The van der Waals surface area contributed by atoms with E-state index in [1.807, 2.05) is 18.7 Å². The van der Waals surface area contributed by atoms with Crippen molar-refractivity contribution in [3.05, 3.63) is 71.8 Å². The van der Waals surface area contributed by atoms with E-state index >= 15 is 0 Å². The summed E-state index contributed by atoms with van der Waals surface area (Å²) in [6, 6.07) is 15.7. The third kappa shape index (κ3) is 4.22. The van der Waals surface area contributed by atoms with Crippen LogP contribution < -0.4 is 0 Å². The Morgan fingerprint density at radius 3 is 1.60 bits per heavy atom. The molecule has 0 fully saturated rings. The molecule has 2 aromatic rings. The van der Waals surface area contributed by atoms with E-state index in [0.29, 0.717) is 6.54 Å². The monoisotopic (exact) mass is 351 g/mol. The van der Waals surface area contributed by atoms with E-state index in [2.05, 4.69) is 0 Å². The summed E-state index contributed by atoms with van der Waals surface area (Å²) in [6.07, 6.45) is -4.58. The molecule has 0 aliphatic rings. The van der Waals surface area contributed by atoms with Crippen LogP contribution in [0.15, 0.2) is 60.7 Å². The fraction of sp³-hybridized carbons (Fsp3) is 0.400. The van der Waals surface area contributed by atoms with Crippen molar-refractivity contribution in [2.24, 2.45) is 0 Å². The summed E-state index contributed by atoms with van der Waals surface area (Å²) in [6.45, 7) is 5.95. The topological polar surface area (TPSA) is 12.5 Å². The van der Waals surface area contributed by atoms with Crippen LogP contribution >= 0.6 is 0 Å². The largest absolute Gasteiger partial charge is 0.426 e. The van der Waals surface area contributed by atoms with Crippen molar-refractivity contribution in [3.8, 4) is 0 Å². The van der Waals surface area contributed by atoms with Crippen LogP contribution in [-0.2, 0) is 10.3 Å². The molecule has 2 rings (SSSR count). The molecular formula is C20H24F3NO. The maximum absolute atomic E-state index is 14.3. The number of nitrogens with zero attached hydrogens (tertiary/aromatic N) is 1. The molecule has 0 atom stereocenters. The van der Waals surface area contributed by atoms with Gasteiger partial charge in [-0.3, -0.25) is 0 Å². The minimum Gasteiger partial charge on any atom is -0.355 e. The first-order chi connectivity index (χ1) is 12.0. The predicted molar refractivity (Wildman–Crippen MR) is 93.5 cm³/mol. The van der Waals surface area contributed by atoms with Crippen molar-refractivity contribution in [1.29, 1.82) is 0 Å². The highest BCUT2D eigenvalue weighted by Gasteiger charge is 2.58. The maximum atomic E-state index is 14.3. The van der Waals surface area contributed by atoms with E-state index in [9.17, 15) is 13.2 Å². The van der Waals surface area contributed by atoms with Crippen molar-refractivity contribution in [2.45, 2.75) is 25.6 Å². The Morgan fingerprint density at radius 2 is 1.24 bits per heavy atom. The molecule has 0 aliphatic carbocycles. The summed E-state index contributed by atoms with van der Waals surface area (Å²) >= 11 is 0. The number of hydrogen-bond donors (Lipinski definition) is 0. The summed E-state index contributed by atoms with van der Waals surface area (Å²) in [5, 5.41) is 0. The predicted octanol–water partition coefficient (Wildman–Crippen LogP) is 4.85. The van der Waals surface area contributed by atoms with E-state index in [-0.39, 0.29) is 17.7 Å². The minimum atomic E-state index is -4.58. The molecule has 0 saturated heterocycles. The van der Waals surface area contributed by atoms with E-state index in [0.717, 1.165) is 13.1 Å². The van der Waals surface area contributed by atoms with Gasteiger partial charge in [-0.1, -0.05) is 74.5 Å². The first-order valence-electron chi connectivity index (χ1n) is 8.49. The lowest BCUT2D eigenvalue weighted by atomic mass is 9.85. The van der Waals surface area contributed by atoms with Crippen LogP contribution in [0.2, 0.25) is 0 Å². The van der Waals surface area contributed by atoms with Gasteiger partial charge < -0.3 is 9.64 Å². The average molecular weight is 351 g/mol. The molecular weight excluding hydrogens is 327 g/mol. The van der Waals surface area contributed by atoms with E-state index < -0.39 is 11.8 Å². The molecule has 2 aromatic carbocycles. The summed E-state index contributed by atoms with van der Waals surface area (Å²) in [5.41, 5.74) is -2.29. The lowest BCUT2D eigenvalue weighted by Gasteiger charge is -2.37. The van der Waals surface area contributed by atoms with Gasteiger partial charge in [-0.2, -0.15) is 13.2 Å². The van der Waals surface area contributed by atoms with E-state index in [4.69, 9.17) is 4.74 Å². The highest BCUT2D eigenvalue weighted by atomic mass is 19.4. The van der Waals surface area contributed by atoms with Crippen LogP contribution in [0.1, 0.15) is 25.0 Å². The molecule has 0 aliphatic heterocycles. The number of hydrogen-bond acceptors (Lipinski definition) is 2. The van der Waals surface area contributed by atoms with Crippen LogP contribution in [-0.4, -0.2) is 37.3 Å². The lowest BCUT2D eigenvalue weighted by Crippen LogP contribution is -2.47. The normalized spacial score (nSPS) is 12.6. The number of halogens is 3. The summed E-state index contributed by atoms with van der Waals surface area (Å²) < 4.78 is 48.5. The Kier molecular flexibility index (Phi) is 6.62. The van der Waals surface area contributed by atoms with E-state index in [1.165, 1.54) is 24.3 Å². The van der Waals surface area contributed by atoms with Gasteiger partial charge in [0.15, 0.2) is 0 Å². The molecule has 0 bridgehead atoms. The van der Waals surface area contributed by atoms with Crippen molar-refractivity contribution in [2.75, 3.05) is 26.2 Å². The molecule has 0 amide bonds. The van der Waals surface area contributed by atoms with Gasteiger partial charge in [0.25, 0.3) is 0 Å². The second-order valence-corrected chi connectivity index (χ2v) is 5.79. The zero-order valence-corrected chi connectivity index (χ0v) is 14.6. The van der Waals surface area contributed by atoms with Gasteiger partial charge in [-0.25, -0.2) is 0 Å². The second kappa shape index (κ2) is 8.50. The van der Waals surface area contributed by atoms with Gasteiger partial charge in [0, 0.05) is 6.54 Å². The molecule has 0 N–H and O–H groups in total. The van der Waals surface area contributed by atoms with Gasteiger partial charge in [0.1, 0.15) is 0 Å². The van der Waals surface area contributed by atoms with Gasteiger partial charge in [0.05, 0.1) is 6.61 Å². The highest BCUT2D eigenvalue weighted by molar-refractivity contribution is 5.38. The van der Waals surface area contributed by atoms with Gasteiger partial charge in [-0.05, 0) is 24.2 Å². The highest BCUT2D eigenvalue weighted by Crippen LogP contribution is 2.47. The standard InChI is InChI=1S/C20H24F3NO/c1-3-24(4-2)15-16-25-19(20(21,22)23,17-11-7-5-8-12-17)18-13-9-6-10-14-18/h5-14H,3-4,15-16H2,1-2H3. The first-order valence-corrected chi connectivity index (χ1v) is 8.49. The van der Waals surface area contributed by atoms with Crippen LogP contribution in [0.4, 0.5) is 13.2 Å². The van der Waals surface area contributed by atoms with Crippen LogP contribution in [0.3, 0.4) is 0 Å². The lowest BCUT2D eigenvalue weighted by molar-refractivity contribution is -0.267. The smallest absolute Gasteiger partial charge is 0.355 e. The SMILES string of the molecule is CCN(CC)CCOC(c1ccccc1)(c1ccccc1)C(F)(F)F. The van der Waals surface area contributed by atoms with Crippen molar-refractivity contribution in [3.63, 3.8) is 0 Å². The molecule has 136 valence electrons. The number of benzene rings is 2. The molecule has 0 spiro atoms. The van der Waals surface area contributed by atoms with Gasteiger partial charge >= 0.3 is 6.18 Å². The van der Waals surface area contributed by atoms with Crippen LogP contribution in [0.25, 0.3) is 0 Å². The quantitative estimate of drug-likeness (QED) is 0.674. The van der Waals surface area contributed by atoms with Crippen molar-refractivity contribution in [1.82, 2.24) is 4.90 Å². The molecule has 0 saturated carbocycles. The zero-order valence-electron chi connectivity index (χ0n) is 14.6. The van der Waals surface area contributed by atoms with Crippen LogP contribution in [0.5, 0.6) is 0 Å². The number of alkyl halides is 3. The Labute approximate surface area is 147 Å². The maximum Gasteiger partial charge on any atom is 0.426 e. The molecule has 5 heteroatoms. The zero-order chi connectivity index (χ0) is 18.3. The second-order valence-electron chi connectivity index (χ2n) is 5.79. The van der Waals surface area contributed by atoms with Crippen molar-refractivity contribution < 1.29 is 17.9 Å². The van der Waals surface area contributed by atoms with Gasteiger partial charge in [0.2, 0.25) is 5.60 Å². The van der Waals surface area contributed by atoms with E-state index in [1.54, 1.807) is 36.4 Å². The third-order valence-electron chi connectivity index (χ3n) is 4.38. The molecule has 0 heterocycles. The van der Waals surface area contributed by atoms with Gasteiger partial charge in [-0.15, -0.1) is 0 Å². The first kappa shape index (κ1) is 19.5. The molecule has 0 radical (unpaired) electrons. The van der Waals surface area contributed by atoms with Crippen molar-refractivity contribution >= 4 is 0 Å². The summed E-state index contributed by atoms with van der Waals surface area (Å²) in [7, 11) is 0. The molecule has 2 nitrogen and oxygen atoms in total. The number of ether oxygens (including phenoxy) is 1. The number of rotatable bonds is 8. The Bertz CT molecular complexity index is 585. The summed E-state index contributed by atoms with van der Waals surface area (Å²) in [5.74, 6) is 0. The Hall–Kier alpha value is -1.85. The molecule has 0 unspecified atom stereocenters. The molecule has 25 heavy (non-hydrogen) atoms. The molecule has 0 aromatic heterocycles. The third-order valence-corrected chi connectivity index (χ3v) is 4.38.